The van der Waals surface area contributed by atoms with Crippen LogP contribution in [-0.2, 0) is 17.6 Å². The summed E-state index contributed by atoms with van der Waals surface area (Å²) >= 11 is 0. The minimum absolute atomic E-state index is 0.164. The van der Waals surface area contributed by atoms with Crippen LogP contribution in [0.15, 0.2) is 18.2 Å². The van der Waals surface area contributed by atoms with Crippen LogP contribution < -0.4 is 5.73 Å². The molecule has 0 heterocycles. The van der Waals surface area contributed by atoms with Crippen molar-refractivity contribution >= 4 is 11.7 Å². The van der Waals surface area contributed by atoms with Crippen LogP contribution in [0.3, 0.4) is 0 Å². The van der Waals surface area contributed by atoms with Gasteiger partial charge in [-0.25, -0.2) is 0 Å². The Balaban J connectivity index is 2.30. The first kappa shape index (κ1) is 12.0. The normalized spacial score (nSPS) is 19.8. The Kier molecular flexibility index (Phi) is 2.86. The maximum Gasteiger partial charge on any atom is 0.309 e. The number of nitrogens with two attached hydrogens (primary N) is 1. The summed E-state index contributed by atoms with van der Waals surface area (Å²) in [6.07, 6.45) is 2.64. The summed E-state index contributed by atoms with van der Waals surface area (Å²) in [6, 6.07) is 5.96. The third kappa shape index (κ3) is 2.02. The average molecular weight is 233 g/mol. The molecule has 1 atom stereocenters. The zero-order valence-electron chi connectivity index (χ0n) is 10.4. The molecule has 0 fully saturated rings. The second kappa shape index (κ2) is 4.06. The van der Waals surface area contributed by atoms with E-state index in [1.807, 2.05) is 26.0 Å². The largest absolute Gasteiger partial charge is 0.481 e. The molecule has 92 valence electrons. The van der Waals surface area contributed by atoms with Crippen molar-refractivity contribution in [3.63, 3.8) is 0 Å². The van der Waals surface area contributed by atoms with Gasteiger partial charge >= 0.3 is 5.97 Å². The van der Waals surface area contributed by atoms with Gasteiger partial charge in [0.1, 0.15) is 0 Å². The molecule has 0 radical (unpaired) electrons. The summed E-state index contributed by atoms with van der Waals surface area (Å²) in [4.78, 5) is 11.3. The molecule has 0 aliphatic heterocycles. The van der Waals surface area contributed by atoms with Crippen molar-refractivity contribution in [3.8, 4) is 0 Å². The number of anilines is 1. The zero-order chi connectivity index (χ0) is 12.6. The van der Waals surface area contributed by atoms with E-state index in [1.165, 1.54) is 5.56 Å². The molecule has 0 aromatic heterocycles. The summed E-state index contributed by atoms with van der Waals surface area (Å²) in [6.45, 7) is 3.62. The number of fused-ring (bicyclic) bond motifs is 1. The molecule has 0 amide bonds. The zero-order valence-corrected chi connectivity index (χ0v) is 10.4. The minimum atomic E-state index is -0.722. The van der Waals surface area contributed by atoms with Gasteiger partial charge in [0.05, 0.1) is 5.41 Å². The van der Waals surface area contributed by atoms with Crippen LogP contribution >= 0.6 is 0 Å². The lowest BCUT2D eigenvalue weighted by Gasteiger charge is -2.35. The van der Waals surface area contributed by atoms with Crippen molar-refractivity contribution in [3.05, 3.63) is 29.3 Å². The van der Waals surface area contributed by atoms with E-state index in [2.05, 4.69) is 6.07 Å². The number of carboxylic acid groups (broad SMARTS) is 1. The summed E-state index contributed by atoms with van der Waals surface area (Å²) in [5.41, 5.74) is 8.53. The molecule has 0 bridgehead atoms. The molecule has 1 aromatic rings. The van der Waals surface area contributed by atoms with Gasteiger partial charge in [0.15, 0.2) is 0 Å². The number of aryl methyl sites for hydroxylation is 1. The lowest BCUT2D eigenvalue weighted by atomic mass is 9.69. The highest BCUT2D eigenvalue weighted by Crippen LogP contribution is 2.39. The third-order valence-electron chi connectivity index (χ3n) is 4.09. The minimum Gasteiger partial charge on any atom is -0.481 e. The summed E-state index contributed by atoms with van der Waals surface area (Å²) in [7, 11) is 0. The van der Waals surface area contributed by atoms with Crippen LogP contribution in [-0.4, -0.2) is 11.1 Å². The van der Waals surface area contributed by atoms with Gasteiger partial charge in [-0.15, -0.1) is 0 Å². The fourth-order valence-corrected chi connectivity index (χ4v) is 2.61. The highest BCUT2D eigenvalue weighted by molar-refractivity contribution is 5.74. The SMILES string of the molecule is CC(C)(C(=O)O)C1CCc2cccc(N)c2C1. The van der Waals surface area contributed by atoms with E-state index < -0.39 is 11.4 Å². The molecule has 2 rings (SSSR count). The quantitative estimate of drug-likeness (QED) is 0.771. The van der Waals surface area contributed by atoms with Crippen LogP contribution in [0, 0.1) is 11.3 Å². The lowest BCUT2D eigenvalue weighted by Crippen LogP contribution is -2.36. The second-order valence-corrected chi connectivity index (χ2v) is 5.45. The van der Waals surface area contributed by atoms with Crippen molar-refractivity contribution in [2.45, 2.75) is 33.1 Å². The van der Waals surface area contributed by atoms with Gasteiger partial charge in [0, 0.05) is 5.69 Å². The maximum atomic E-state index is 11.3. The van der Waals surface area contributed by atoms with E-state index >= 15 is 0 Å². The third-order valence-corrected chi connectivity index (χ3v) is 4.09. The van der Waals surface area contributed by atoms with Crippen LogP contribution in [0.5, 0.6) is 0 Å². The molecule has 3 N–H and O–H groups in total. The summed E-state index contributed by atoms with van der Waals surface area (Å²) < 4.78 is 0. The first-order chi connectivity index (χ1) is 7.93. The molecular formula is C14H19NO2. The van der Waals surface area contributed by atoms with Crippen LogP contribution in [0.4, 0.5) is 5.69 Å². The number of benzene rings is 1. The fraction of sp³-hybridized carbons (Fsp3) is 0.500. The number of carbonyl (C=O) groups is 1. The molecular weight excluding hydrogens is 214 g/mol. The Morgan fingerprint density at radius 3 is 2.82 bits per heavy atom. The predicted molar refractivity (Wildman–Crippen MR) is 67.8 cm³/mol. The van der Waals surface area contributed by atoms with Crippen molar-refractivity contribution in [2.75, 3.05) is 5.73 Å². The lowest BCUT2D eigenvalue weighted by molar-refractivity contribution is -0.150. The van der Waals surface area contributed by atoms with Crippen molar-refractivity contribution in [1.82, 2.24) is 0 Å². The second-order valence-electron chi connectivity index (χ2n) is 5.45. The fourth-order valence-electron chi connectivity index (χ4n) is 2.61. The predicted octanol–water partition coefficient (Wildman–Crippen LogP) is 2.48. The molecule has 1 aromatic carbocycles. The standard InChI is InChI=1S/C14H19NO2/c1-14(2,13(16)17)10-7-6-9-4-3-5-12(15)11(9)8-10/h3-5,10H,6-8,15H2,1-2H3,(H,16,17). The number of aliphatic carboxylic acids is 1. The van der Waals surface area contributed by atoms with Crippen LogP contribution in [0.25, 0.3) is 0 Å². The van der Waals surface area contributed by atoms with Crippen LogP contribution in [0.2, 0.25) is 0 Å². The van der Waals surface area contributed by atoms with E-state index in [1.54, 1.807) is 0 Å². The van der Waals surface area contributed by atoms with E-state index in [-0.39, 0.29) is 5.92 Å². The number of carboxylic acids is 1. The average Bonchev–Trinajstić information content (AvgIpc) is 2.29. The Labute approximate surface area is 102 Å². The van der Waals surface area contributed by atoms with Gasteiger partial charge in [-0.05, 0) is 56.2 Å². The highest BCUT2D eigenvalue weighted by atomic mass is 16.4. The first-order valence-electron chi connectivity index (χ1n) is 6.02. The molecule has 17 heavy (non-hydrogen) atoms. The van der Waals surface area contributed by atoms with Crippen molar-refractivity contribution in [1.29, 1.82) is 0 Å². The molecule has 3 nitrogen and oxygen atoms in total. The Morgan fingerprint density at radius 1 is 1.47 bits per heavy atom. The van der Waals surface area contributed by atoms with Crippen LogP contribution in [0.1, 0.15) is 31.4 Å². The van der Waals surface area contributed by atoms with E-state index in [0.717, 1.165) is 30.5 Å². The monoisotopic (exact) mass is 233 g/mol. The smallest absolute Gasteiger partial charge is 0.309 e. The van der Waals surface area contributed by atoms with Crippen molar-refractivity contribution in [2.24, 2.45) is 11.3 Å². The number of hydrogen-bond donors (Lipinski definition) is 2. The van der Waals surface area contributed by atoms with E-state index in [0.29, 0.717) is 0 Å². The Bertz CT molecular complexity index is 452. The van der Waals surface area contributed by atoms with E-state index in [9.17, 15) is 9.90 Å². The van der Waals surface area contributed by atoms with Gasteiger partial charge in [-0.3, -0.25) is 4.79 Å². The molecule has 1 aliphatic rings. The Morgan fingerprint density at radius 2 is 2.18 bits per heavy atom. The molecule has 0 spiro atoms. The maximum absolute atomic E-state index is 11.3. The molecule has 0 saturated heterocycles. The first-order valence-corrected chi connectivity index (χ1v) is 6.02. The van der Waals surface area contributed by atoms with Gasteiger partial charge in [0.25, 0.3) is 0 Å². The highest BCUT2D eigenvalue weighted by Gasteiger charge is 2.38. The topological polar surface area (TPSA) is 63.3 Å². The number of nitrogen functional groups attached to an aromatic ring is 1. The van der Waals surface area contributed by atoms with E-state index in [4.69, 9.17) is 5.73 Å². The van der Waals surface area contributed by atoms with Gasteiger partial charge in [0.2, 0.25) is 0 Å². The van der Waals surface area contributed by atoms with Crippen molar-refractivity contribution < 1.29 is 9.90 Å². The molecule has 1 aliphatic carbocycles. The summed E-state index contributed by atoms with van der Waals surface area (Å²) in [5, 5.41) is 9.28. The van der Waals surface area contributed by atoms with Gasteiger partial charge in [-0.2, -0.15) is 0 Å². The Hall–Kier alpha value is -1.51. The number of hydrogen-bond acceptors (Lipinski definition) is 2. The molecule has 1 unspecified atom stereocenters. The molecule has 3 heteroatoms. The molecule has 0 saturated carbocycles. The number of rotatable bonds is 2. The summed E-state index contributed by atoms with van der Waals surface area (Å²) in [5.74, 6) is -0.558. The van der Waals surface area contributed by atoms with Gasteiger partial charge < -0.3 is 10.8 Å². The van der Waals surface area contributed by atoms with Gasteiger partial charge in [-0.1, -0.05) is 12.1 Å².